The van der Waals surface area contributed by atoms with Crippen LogP contribution < -0.4 is 0 Å². The fraction of sp³-hybridized carbons (Fsp3) is 0.0952. The van der Waals surface area contributed by atoms with Crippen LogP contribution in [0.3, 0.4) is 0 Å². The van der Waals surface area contributed by atoms with Crippen LogP contribution in [0.15, 0.2) is 72.3 Å². The number of allylic oxidation sites excluding steroid dienone is 3. The molecule has 0 radical (unpaired) electrons. The molecule has 112 valence electrons. The van der Waals surface area contributed by atoms with Crippen LogP contribution in [0.4, 0.5) is 0 Å². The molecule has 0 saturated carbocycles. The third-order valence-electron chi connectivity index (χ3n) is 4.61. The monoisotopic (exact) mass is 300 g/mol. The Morgan fingerprint density at radius 3 is 1.78 bits per heavy atom. The van der Waals surface area contributed by atoms with Gasteiger partial charge in [0.05, 0.1) is 0 Å². The van der Waals surface area contributed by atoms with Crippen molar-refractivity contribution in [1.82, 2.24) is 0 Å². The Kier molecular flexibility index (Phi) is 3.23. The van der Waals surface area contributed by atoms with E-state index in [0.717, 1.165) is 5.57 Å². The van der Waals surface area contributed by atoms with E-state index in [1.165, 1.54) is 28.3 Å². The fourth-order valence-electron chi connectivity index (χ4n) is 3.60. The number of fused-ring (bicyclic) bond motifs is 2. The predicted octanol–water partition coefficient (Wildman–Crippen LogP) is 4.62. The highest BCUT2D eigenvalue weighted by molar-refractivity contribution is 5.83. The average molecular weight is 300 g/mol. The number of hydrogen-bond acceptors (Lipinski definition) is 1. The molecule has 23 heavy (non-hydrogen) atoms. The lowest BCUT2D eigenvalue weighted by molar-refractivity contribution is -0.131. The number of rotatable bonds is 3. The molecule has 0 fully saturated rings. The number of hydrogen-bond donors (Lipinski definition) is 1. The molecule has 2 heteroatoms. The fourth-order valence-corrected chi connectivity index (χ4v) is 3.60. The molecule has 2 atom stereocenters. The third kappa shape index (κ3) is 2.33. The first-order valence-electron chi connectivity index (χ1n) is 7.73. The minimum atomic E-state index is -0.893. The van der Waals surface area contributed by atoms with Crippen molar-refractivity contribution in [3.8, 4) is 0 Å². The van der Waals surface area contributed by atoms with Crippen molar-refractivity contribution < 1.29 is 9.90 Å². The molecule has 2 aromatic rings. The summed E-state index contributed by atoms with van der Waals surface area (Å²) in [5.41, 5.74) is 5.61. The second-order valence-corrected chi connectivity index (χ2v) is 5.91. The van der Waals surface area contributed by atoms with Gasteiger partial charge in [0.1, 0.15) is 0 Å². The first-order valence-corrected chi connectivity index (χ1v) is 7.73. The number of carboxylic acid groups (broad SMARTS) is 1. The number of carbonyl (C=O) groups is 1. The maximum absolute atomic E-state index is 11.4. The number of aliphatic carboxylic acids is 1. The minimum absolute atomic E-state index is 0.0168. The van der Waals surface area contributed by atoms with Gasteiger partial charge in [0.2, 0.25) is 0 Å². The Morgan fingerprint density at radius 2 is 1.30 bits per heavy atom. The Hall–Kier alpha value is -2.87. The zero-order valence-corrected chi connectivity index (χ0v) is 12.5. The molecule has 0 aliphatic heterocycles. The Bertz CT molecular complexity index is 807. The Labute approximate surface area is 135 Å². The largest absolute Gasteiger partial charge is 0.478 e. The quantitative estimate of drug-likeness (QED) is 0.840. The van der Waals surface area contributed by atoms with Crippen molar-refractivity contribution in [1.29, 1.82) is 0 Å². The maximum atomic E-state index is 11.4. The molecule has 1 N–H and O–H groups in total. The maximum Gasteiger partial charge on any atom is 0.328 e. The molecule has 0 aromatic heterocycles. The summed E-state index contributed by atoms with van der Waals surface area (Å²) in [6, 6.07) is 16.4. The van der Waals surface area contributed by atoms with E-state index in [-0.39, 0.29) is 11.8 Å². The van der Waals surface area contributed by atoms with Crippen molar-refractivity contribution >= 4 is 18.1 Å². The molecule has 2 nitrogen and oxygen atoms in total. The lowest BCUT2D eigenvalue weighted by Crippen LogP contribution is -2.08. The zero-order valence-electron chi connectivity index (χ0n) is 12.5. The molecular weight excluding hydrogens is 284 g/mol. The molecule has 2 unspecified atom stereocenters. The summed E-state index contributed by atoms with van der Waals surface area (Å²) in [5.74, 6) is -0.859. The molecule has 2 aliphatic carbocycles. The topological polar surface area (TPSA) is 37.3 Å². The lowest BCUT2D eigenvalue weighted by Gasteiger charge is -2.21. The van der Waals surface area contributed by atoms with Gasteiger partial charge in [-0.05, 0) is 27.8 Å². The van der Waals surface area contributed by atoms with Crippen LogP contribution in [-0.4, -0.2) is 11.1 Å². The summed E-state index contributed by atoms with van der Waals surface area (Å²) in [5, 5.41) is 9.38. The highest BCUT2D eigenvalue weighted by Crippen LogP contribution is 2.45. The summed E-state index contributed by atoms with van der Waals surface area (Å²) in [6.07, 6.45) is 9.76. The molecule has 0 bridgehead atoms. The van der Waals surface area contributed by atoms with Gasteiger partial charge in [0.25, 0.3) is 0 Å². The van der Waals surface area contributed by atoms with E-state index < -0.39 is 5.97 Å². The van der Waals surface area contributed by atoms with E-state index in [2.05, 4.69) is 48.6 Å². The van der Waals surface area contributed by atoms with Crippen molar-refractivity contribution in [2.24, 2.45) is 0 Å². The normalized spacial score (nSPS) is 20.2. The van der Waals surface area contributed by atoms with Crippen molar-refractivity contribution in [3.05, 3.63) is 94.6 Å². The van der Waals surface area contributed by atoms with Crippen molar-refractivity contribution in [2.75, 3.05) is 0 Å². The van der Waals surface area contributed by atoms with Gasteiger partial charge in [-0.15, -0.1) is 0 Å². The minimum Gasteiger partial charge on any atom is -0.478 e. The van der Waals surface area contributed by atoms with Crippen molar-refractivity contribution in [3.63, 3.8) is 0 Å². The van der Waals surface area contributed by atoms with Crippen LogP contribution in [0.5, 0.6) is 0 Å². The Balaban J connectivity index is 1.81. The van der Waals surface area contributed by atoms with E-state index in [0.29, 0.717) is 0 Å². The molecule has 4 rings (SSSR count). The highest BCUT2D eigenvalue weighted by Gasteiger charge is 2.29. The summed E-state index contributed by atoms with van der Waals surface area (Å²) >= 11 is 0. The van der Waals surface area contributed by atoms with Gasteiger partial charge in [-0.3, -0.25) is 0 Å². The smallest absolute Gasteiger partial charge is 0.328 e. The van der Waals surface area contributed by atoms with Crippen LogP contribution in [0.1, 0.15) is 34.1 Å². The first kappa shape index (κ1) is 13.8. The van der Waals surface area contributed by atoms with E-state index >= 15 is 0 Å². The van der Waals surface area contributed by atoms with Crippen LogP contribution in [0.25, 0.3) is 12.2 Å². The SMILES string of the molecule is O=C(O)C=C(C1C=Cc2ccccc21)C1C=Cc2ccccc21. The summed E-state index contributed by atoms with van der Waals surface area (Å²) < 4.78 is 0. The van der Waals surface area contributed by atoms with Crippen LogP contribution in [-0.2, 0) is 4.79 Å². The molecule has 0 spiro atoms. The van der Waals surface area contributed by atoms with Crippen LogP contribution in [0, 0.1) is 0 Å². The number of carboxylic acids is 1. The van der Waals surface area contributed by atoms with Crippen molar-refractivity contribution in [2.45, 2.75) is 11.8 Å². The summed E-state index contributed by atoms with van der Waals surface area (Å²) in [4.78, 5) is 11.4. The summed E-state index contributed by atoms with van der Waals surface area (Å²) in [7, 11) is 0. The van der Waals surface area contributed by atoms with E-state index in [9.17, 15) is 9.90 Å². The molecule has 0 amide bonds. The van der Waals surface area contributed by atoms with Gasteiger partial charge in [0, 0.05) is 17.9 Å². The Morgan fingerprint density at radius 1 is 0.826 bits per heavy atom. The molecule has 0 saturated heterocycles. The zero-order chi connectivity index (χ0) is 15.8. The highest BCUT2D eigenvalue weighted by atomic mass is 16.4. The van der Waals surface area contributed by atoms with Gasteiger partial charge < -0.3 is 5.11 Å². The summed E-state index contributed by atoms with van der Waals surface area (Å²) in [6.45, 7) is 0. The lowest BCUT2D eigenvalue weighted by atomic mass is 9.81. The molecule has 2 aromatic carbocycles. The van der Waals surface area contributed by atoms with Gasteiger partial charge in [-0.2, -0.15) is 0 Å². The van der Waals surface area contributed by atoms with Crippen LogP contribution >= 0.6 is 0 Å². The average Bonchev–Trinajstić information content (AvgIpc) is 3.17. The number of benzene rings is 2. The second-order valence-electron chi connectivity index (χ2n) is 5.91. The van der Waals surface area contributed by atoms with E-state index in [4.69, 9.17) is 0 Å². The second kappa shape index (κ2) is 5.40. The standard InChI is InChI=1S/C21H16O2/c22-21(23)13-20(18-11-9-14-5-1-3-7-16(14)18)19-12-10-15-6-2-4-8-17(15)19/h1-13,18-19H,(H,22,23). The van der Waals surface area contributed by atoms with Crippen LogP contribution in [0.2, 0.25) is 0 Å². The molecule has 2 aliphatic rings. The van der Waals surface area contributed by atoms with E-state index in [1.807, 2.05) is 24.3 Å². The first-order chi connectivity index (χ1) is 11.2. The van der Waals surface area contributed by atoms with Gasteiger partial charge in [-0.1, -0.05) is 72.8 Å². The van der Waals surface area contributed by atoms with E-state index in [1.54, 1.807) is 0 Å². The molecule has 0 heterocycles. The van der Waals surface area contributed by atoms with Gasteiger partial charge in [-0.25, -0.2) is 4.79 Å². The van der Waals surface area contributed by atoms with Gasteiger partial charge >= 0.3 is 5.97 Å². The predicted molar refractivity (Wildman–Crippen MR) is 92.2 cm³/mol. The third-order valence-corrected chi connectivity index (χ3v) is 4.61. The molecular formula is C21H16O2. The van der Waals surface area contributed by atoms with Gasteiger partial charge in [0.15, 0.2) is 0 Å².